The van der Waals surface area contributed by atoms with Crippen LogP contribution in [-0.2, 0) is 38.1 Å². The minimum absolute atomic E-state index is 0.0286. The van der Waals surface area contributed by atoms with Crippen LogP contribution in [0.4, 0.5) is 0 Å². The number of fused-ring (bicyclic) bond motifs is 4. The average Bonchev–Trinajstić information content (AvgIpc) is 3.47. The van der Waals surface area contributed by atoms with Crippen molar-refractivity contribution in [2.75, 3.05) is 20.7 Å². The Morgan fingerprint density at radius 3 is 1.53 bits per heavy atom. The van der Waals surface area contributed by atoms with Crippen LogP contribution in [0.3, 0.4) is 0 Å². The molecule has 2 aromatic carbocycles. The third kappa shape index (κ3) is 10.7. The predicted octanol–water partition coefficient (Wildman–Crippen LogP) is 7.06. The van der Waals surface area contributed by atoms with Crippen LogP contribution in [-0.4, -0.2) is 90.8 Å². The second kappa shape index (κ2) is 19.0. The van der Waals surface area contributed by atoms with Gasteiger partial charge in [-0.3, -0.25) is 14.4 Å². The fourth-order valence-electron chi connectivity index (χ4n) is 8.94. The van der Waals surface area contributed by atoms with E-state index in [1.807, 2.05) is 48.5 Å². The first-order valence-electron chi connectivity index (χ1n) is 20.0. The molecule has 4 aliphatic heterocycles. The summed E-state index contributed by atoms with van der Waals surface area (Å²) in [5.41, 5.74) is 1.41. The van der Waals surface area contributed by atoms with E-state index in [0.717, 1.165) is 82.6 Å². The summed E-state index contributed by atoms with van der Waals surface area (Å²) in [7, 11) is 4.31. The third-order valence-corrected chi connectivity index (χ3v) is 12.2. The summed E-state index contributed by atoms with van der Waals surface area (Å²) >= 11 is 0. The van der Waals surface area contributed by atoms with Crippen LogP contribution in [0, 0.1) is 0 Å². The van der Waals surface area contributed by atoms with Crippen LogP contribution in [0.1, 0.15) is 126 Å². The molecule has 0 aromatic heterocycles. The molecule has 4 aliphatic rings. The number of ether oxygens (including phenoxy) is 4. The van der Waals surface area contributed by atoms with Gasteiger partial charge < -0.3 is 28.7 Å². The first kappa shape index (κ1) is 38.9. The fraction of sp³-hybridized carbons (Fsp3) is 0.628. The summed E-state index contributed by atoms with van der Waals surface area (Å²) in [6, 6.07) is 20.4. The molecule has 4 bridgehead atoms. The van der Waals surface area contributed by atoms with E-state index in [-0.39, 0.29) is 43.6 Å². The van der Waals surface area contributed by atoms with Gasteiger partial charge in [-0.25, -0.2) is 4.79 Å². The zero-order valence-corrected chi connectivity index (χ0v) is 31.6. The smallest absolute Gasteiger partial charge is 0.352 e. The van der Waals surface area contributed by atoms with E-state index in [9.17, 15) is 19.2 Å². The van der Waals surface area contributed by atoms with Gasteiger partial charge >= 0.3 is 23.9 Å². The lowest BCUT2D eigenvalue weighted by atomic mass is 9.98. The zero-order valence-electron chi connectivity index (χ0n) is 31.6. The highest BCUT2D eigenvalue weighted by Crippen LogP contribution is 2.37. The Bertz CT molecular complexity index is 1480. The monoisotopic (exact) mass is 730 g/mol. The lowest BCUT2D eigenvalue weighted by molar-refractivity contribution is -0.174. The van der Waals surface area contributed by atoms with Crippen molar-refractivity contribution in [3.63, 3.8) is 0 Å². The van der Waals surface area contributed by atoms with Crippen molar-refractivity contribution < 1.29 is 38.1 Å². The first-order chi connectivity index (χ1) is 25.7. The number of hydrogen-bond acceptors (Lipinski definition) is 10. The van der Waals surface area contributed by atoms with Crippen molar-refractivity contribution in [1.29, 1.82) is 0 Å². The summed E-state index contributed by atoms with van der Waals surface area (Å²) in [4.78, 5) is 57.0. The minimum atomic E-state index is -1.07. The van der Waals surface area contributed by atoms with E-state index in [2.05, 4.69) is 23.9 Å². The van der Waals surface area contributed by atoms with Gasteiger partial charge in [0.05, 0.1) is 0 Å². The number of hydrogen-bond donors (Lipinski definition) is 0. The highest BCUT2D eigenvalue weighted by atomic mass is 16.6. The largest absolute Gasteiger partial charge is 0.464 e. The first-order valence-corrected chi connectivity index (χ1v) is 20.0. The predicted molar refractivity (Wildman–Crippen MR) is 200 cm³/mol. The van der Waals surface area contributed by atoms with Crippen LogP contribution in [0.25, 0.3) is 0 Å². The van der Waals surface area contributed by atoms with Crippen LogP contribution in [0.5, 0.6) is 0 Å². The van der Waals surface area contributed by atoms with Crippen molar-refractivity contribution >= 4 is 23.9 Å². The molecule has 4 fully saturated rings. The molecule has 0 aliphatic carbocycles. The van der Waals surface area contributed by atoms with E-state index in [0.29, 0.717) is 42.6 Å². The zero-order chi connectivity index (χ0) is 37.2. The molecule has 53 heavy (non-hydrogen) atoms. The molecular formula is C43H58N2O8. The standard InChI is InChI=1S/C43H58N2O8/c1-44-32-21-22-33(44)26-36(25-32)51-42(48)38(30-15-9-7-10-16-30)29-50-39(46)19-13-5-3-4-6-14-20-40(47)53-41(31-17-11-8-12-18-31)43(49)52-37-27-34-23-24-35(28-37)45(34)2/h7-12,15-18,32-38,41H,3-6,13-14,19-29H2,1-2H3. The molecule has 10 heteroatoms. The van der Waals surface area contributed by atoms with Crippen LogP contribution >= 0.6 is 0 Å². The SMILES string of the molecule is CN1C2CCC1CC(OC(=O)C(COC(=O)CCCCCCCCC(=O)OC(C(=O)OC1CC3CCC(C1)N3C)c1ccccc1)c1ccccc1)C2. The van der Waals surface area contributed by atoms with Crippen LogP contribution < -0.4 is 0 Å². The molecule has 0 saturated carbocycles. The molecule has 4 heterocycles. The number of carbonyl (C=O) groups excluding carboxylic acids is 4. The van der Waals surface area contributed by atoms with Gasteiger partial charge in [-0.1, -0.05) is 86.3 Å². The van der Waals surface area contributed by atoms with Gasteiger partial charge in [0, 0.05) is 42.6 Å². The topological polar surface area (TPSA) is 112 Å². The lowest BCUT2D eigenvalue weighted by Crippen LogP contribution is -2.44. The summed E-state index contributed by atoms with van der Waals surface area (Å²) in [5, 5.41) is 0. The molecule has 6 atom stereocenters. The van der Waals surface area contributed by atoms with Crippen molar-refractivity contribution in [1.82, 2.24) is 9.80 Å². The second-order valence-corrected chi connectivity index (χ2v) is 15.7. The Morgan fingerprint density at radius 2 is 1.02 bits per heavy atom. The molecule has 6 rings (SSSR count). The maximum absolute atomic E-state index is 13.3. The second-order valence-electron chi connectivity index (χ2n) is 15.7. The molecule has 6 unspecified atom stereocenters. The molecule has 288 valence electrons. The molecule has 2 aromatic rings. The summed E-state index contributed by atoms with van der Waals surface area (Å²) in [5.74, 6) is -2.18. The number of unbranched alkanes of at least 4 members (excludes halogenated alkanes) is 5. The maximum atomic E-state index is 13.3. The van der Waals surface area contributed by atoms with Gasteiger partial charge in [-0.15, -0.1) is 0 Å². The van der Waals surface area contributed by atoms with E-state index >= 15 is 0 Å². The Hall–Kier alpha value is -3.76. The van der Waals surface area contributed by atoms with E-state index < -0.39 is 24.0 Å². The highest BCUT2D eigenvalue weighted by molar-refractivity contribution is 5.81. The van der Waals surface area contributed by atoms with E-state index in [1.54, 1.807) is 12.1 Å². The fourth-order valence-corrected chi connectivity index (χ4v) is 8.94. The maximum Gasteiger partial charge on any atom is 0.352 e. The normalized spacial score (nSPS) is 26.4. The third-order valence-electron chi connectivity index (χ3n) is 12.2. The molecule has 10 nitrogen and oxygen atoms in total. The molecule has 0 radical (unpaired) electrons. The van der Waals surface area contributed by atoms with Crippen molar-refractivity contribution in [3.8, 4) is 0 Å². The molecule has 4 saturated heterocycles. The highest BCUT2D eigenvalue weighted by Gasteiger charge is 2.42. The van der Waals surface area contributed by atoms with Gasteiger partial charge in [0.15, 0.2) is 0 Å². The Morgan fingerprint density at radius 1 is 0.585 bits per heavy atom. The van der Waals surface area contributed by atoms with Gasteiger partial charge in [0.1, 0.15) is 24.7 Å². The van der Waals surface area contributed by atoms with Gasteiger partial charge in [0.25, 0.3) is 0 Å². The van der Waals surface area contributed by atoms with Crippen molar-refractivity contribution in [3.05, 3.63) is 71.8 Å². The Labute approximate surface area is 314 Å². The van der Waals surface area contributed by atoms with E-state index in [4.69, 9.17) is 18.9 Å². The Kier molecular flexibility index (Phi) is 14.0. The lowest BCUT2D eigenvalue weighted by Gasteiger charge is -2.36. The van der Waals surface area contributed by atoms with E-state index in [1.165, 1.54) is 0 Å². The number of piperidine rings is 2. The van der Waals surface area contributed by atoms with Gasteiger partial charge in [-0.2, -0.15) is 0 Å². The van der Waals surface area contributed by atoms with Crippen LogP contribution in [0.15, 0.2) is 60.7 Å². The number of nitrogens with zero attached hydrogens (tertiary/aromatic N) is 2. The number of rotatable bonds is 18. The summed E-state index contributed by atoms with van der Waals surface area (Å²) in [6.07, 6.45) is 12.0. The number of esters is 4. The molecule has 0 spiro atoms. The molecule has 0 amide bonds. The van der Waals surface area contributed by atoms with Gasteiger partial charge in [-0.05, 0) is 83.9 Å². The average molecular weight is 731 g/mol. The number of carbonyl (C=O) groups is 4. The van der Waals surface area contributed by atoms with Crippen LogP contribution in [0.2, 0.25) is 0 Å². The van der Waals surface area contributed by atoms with Crippen molar-refractivity contribution in [2.24, 2.45) is 0 Å². The summed E-state index contributed by atoms with van der Waals surface area (Å²) in [6.45, 7) is -0.0286. The van der Waals surface area contributed by atoms with Crippen molar-refractivity contribution in [2.45, 2.75) is 151 Å². The summed E-state index contributed by atoms with van der Waals surface area (Å²) < 4.78 is 23.3. The Balaban J connectivity index is 0.856. The number of benzene rings is 2. The molecule has 0 N–H and O–H groups in total. The minimum Gasteiger partial charge on any atom is -0.464 e. The quantitative estimate of drug-likeness (QED) is 0.0899. The van der Waals surface area contributed by atoms with Gasteiger partial charge in [0.2, 0.25) is 6.10 Å². The molecular weight excluding hydrogens is 672 g/mol.